The first-order valence-corrected chi connectivity index (χ1v) is 6.18. The van der Waals surface area contributed by atoms with E-state index >= 15 is 0 Å². The van der Waals surface area contributed by atoms with Crippen LogP contribution in [0, 0.1) is 0 Å². The molecule has 0 aromatic heterocycles. The van der Waals surface area contributed by atoms with E-state index < -0.39 is 0 Å². The molecule has 0 fully saturated rings. The van der Waals surface area contributed by atoms with Crippen molar-refractivity contribution in [1.82, 2.24) is 0 Å². The number of benzene rings is 2. The maximum atomic E-state index is 12.1. The van der Waals surface area contributed by atoms with Crippen LogP contribution in [-0.4, -0.2) is 16.0 Å². The van der Waals surface area contributed by atoms with E-state index in [4.69, 9.17) is 16.3 Å². The zero-order chi connectivity index (χ0) is 14.3. The molecule has 0 amide bonds. The second kappa shape index (κ2) is 4.58. The molecule has 1 heterocycles. The number of hydrogen-bond donors (Lipinski definition) is 2. The lowest BCUT2D eigenvalue weighted by atomic mass is 10.1. The van der Waals surface area contributed by atoms with Gasteiger partial charge < -0.3 is 14.9 Å². The van der Waals surface area contributed by atoms with Crippen LogP contribution in [0.2, 0.25) is 5.02 Å². The van der Waals surface area contributed by atoms with Gasteiger partial charge in [-0.25, -0.2) is 0 Å². The summed E-state index contributed by atoms with van der Waals surface area (Å²) >= 11 is 5.85. The Labute approximate surface area is 119 Å². The number of carbonyl (C=O) groups excluding carboxylic acids is 1. The van der Waals surface area contributed by atoms with Crippen LogP contribution in [0.3, 0.4) is 0 Å². The van der Waals surface area contributed by atoms with Gasteiger partial charge >= 0.3 is 0 Å². The van der Waals surface area contributed by atoms with E-state index in [1.165, 1.54) is 36.4 Å². The van der Waals surface area contributed by atoms with E-state index in [-0.39, 0.29) is 23.0 Å². The first kappa shape index (κ1) is 12.6. The lowest BCUT2D eigenvalue weighted by Crippen LogP contribution is -1.98. The Morgan fingerprint density at radius 1 is 1.10 bits per heavy atom. The molecule has 0 spiro atoms. The van der Waals surface area contributed by atoms with E-state index in [2.05, 4.69) is 0 Å². The van der Waals surface area contributed by atoms with Crippen molar-refractivity contribution >= 4 is 23.5 Å². The normalized spacial score (nSPS) is 15.2. The minimum atomic E-state index is -0.306. The van der Waals surface area contributed by atoms with E-state index in [0.717, 1.165) is 0 Å². The fourth-order valence-electron chi connectivity index (χ4n) is 1.96. The van der Waals surface area contributed by atoms with Crippen molar-refractivity contribution in [3.8, 4) is 17.2 Å². The number of ether oxygens (including phenoxy) is 1. The summed E-state index contributed by atoms with van der Waals surface area (Å²) in [5.74, 6) is 0.0748. The number of phenolic OH excluding ortho intramolecular Hbond substituents is 2. The smallest absolute Gasteiger partial charge is 0.231 e. The molecule has 1 aliphatic heterocycles. The fourth-order valence-corrected chi connectivity index (χ4v) is 2.14. The van der Waals surface area contributed by atoms with E-state index in [1.54, 1.807) is 6.07 Å². The molecule has 2 aromatic carbocycles. The highest BCUT2D eigenvalue weighted by Gasteiger charge is 2.27. The Balaban J connectivity index is 2.03. The predicted octanol–water partition coefficient (Wildman–Crippen LogP) is 3.37. The number of rotatable bonds is 1. The summed E-state index contributed by atoms with van der Waals surface area (Å²) < 4.78 is 5.40. The molecule has 2 N–H and O–H groups in total. The molecule has 0 radical (unpaired) electrons. The number of ketones is 1. The minimum absolute atomic E-state index is 0.00268. The monoisotopic (exact) mass is 288 g/mol. The van der Waals surface area contributed by atoms with Gasteiger partial charge in [0, 0.05) is 16.7 Å². The summed E-state index contributed by atoms with van der Waals surface area (Å²) in [7, 11) is 0. The Kier molecular flexibility index (Phi) is 2.88. The number of hydrogen-bond acceptors (Lipinski definition) is 4. The lowest BCUT2D eigenvalue weighted by Gasteiger charge is -2.01. The molecular formula is C15H9ClO4. The zero-order valence-corrected chi connectivity index (χ0v) is 10.9. The van der Waals surface area contributed by atoms with Gasteiger partial charge in [0.15, 0.2) is 5.76 Å². The standard InChI is InChI=1S/C15H9ClO4/c16-9-1-4-12(18)8(5-9)6-14-15(19)11-3-2-10(17)7-13(11)20-14/h1-7,17-18H. The van der Waals surface area contributed by atoms with E-state index in [9.17, 15) is 15.0 Å². The SMILES string of the molecule is O=C1C(=Cc2cc(Cl)ccc2O)Oc2cc(O)ccc21. The highest BCUT2D eigenvalue weighted by atomic mass is 35.5. The average Bonchev–Trinajstić information content (AvgIpc) is 2.70. The van der Waals surface area contributed by atoms with Crippen LogP contribution in [0.1, 0.15) is 15.9 Å². The van der Waals surface area contributed by atoms with Crippen molar-refractivity contribution in [3.63, 3.8) is 0 Å². The van der Waals surface area contributed by atoms with Gasteiger partial charge in [-0.05, 0) is 36.4 Å². The molecule has 0 unspecified atom stereocenters. The zero-order valence-electron chi connectivity index (χ0n) is 10.1. The second-order valence-electron chi connectivity index (χ2n) is 4.32. The number of halogens is 1. The molecule has 20 heavy (non-hydrogen) atoms. The van der Waals surface area contributed by atoms with Crippen molar-refractivity contribution in [2.75, 3.05) is 0 Å². The largest absolute Gasteiger partial charge is 0.508 e. The molecule has 0 bridgehead atoms. The molecule has 0 saturated carbocycles. The average molecular weight is 289 g/mol. The van der Waals surface area contributed by atoms with Crippen LogP contribution in [0.5, 0.6) is 17.2 Å². The van der Waals surface area contributed by atoms with Gasteiger partial charge in [0.2, 0.25) is 5.78 Å². The Morgan fingerprint density at radius 2 is 1.90 bits per heavy atom. The molecule has 0 saturated heterocycles. The van der Waals surface area contributed by atoms with E-state index in [0.29, 0.717) is 21.9 Å². The van der Waals surface area contributed by atoms with Crippen LogP contribution in [0.4, 0.5) is 0 Å². The highest BCUT2D eigenvalue weighted by Crippen LogP contribution is 2.35. The van der Waals surface area contributed by atoms with Gasteiger partial charge in [-0.3, -0.25) is 4.79 Å². The summed E-state index contributed by atoms with van der Waals surface area (Å²) in [6.45, 7) is 0. The summed E-state index contributed by atoms with van der Waals surface area (Å²) in [5, 5.41) is 19.5. The third kappa shape index (κ3) is 2.10. The van der Waals surface area contributed by atoms with Crippen LogP contribution in [0.25, 0.3) is 6.08 Å². The van der Waals surface area contributed by atoms with Gasteiger partial charge in [0.25, 0.3) is 0 Å². The Bertz CT molecular complexity index is 750. The second-order valence-corrected chi connectivity index (χ2v) is 4.76. The first-order valence-electron chi connectivity index (χ1n) is 5.80. The predicted molar refractivity (Wildman–Crippen MR) is 74.2 cm³/mol. The van der Waals surface area contributed by atoms with Crippen LogP contribution < -0.4 is 4.74 Å². The molecule has 0 atom stereocenters. The number of fused-ring (bicyclic) bond motifs is 1. The van der Waals surface area contributed by atoms with Crippen molar-refractivity contribution in [3.05, 3.63) is 58.3 Å². The Hall–Kier alpha value is -2.46. The van der Waals surface area contributed by atoms with Crippen LogP contribution in [-0.2, 0) is 0 Å². The summed E-state index contributed by atoms with van der Waals surface area (Å²) in [6.07, 6.45) is 1.42. The molecule has 4 nitrogen and oxygen atoms in total. The number of carbonyl (C=O) groups is 1. The van der Waals surface area contributed by atoms with Crippen molar-refractivity contribution < 1.29 is 19.7 Å². The van der Waals surface area contributed by atoms with Gasteiger partial charge in [-0.1, -0.05) is 11.6 Å². The van der Waals surface area contributed by atoms with Crippen molar-refractivity contribution in [2.24, 2.45) is 0 Å². The molecule has 5 heteroatoms. The molecule has 0 aliphatic carbocycles. The summed E-state index contributed by atoms with van der Waals surface area (Å²) in [5.41, 5.74) is 0.758. The maximum Gasteiger partial charge on any atom is 0.231 e. The quantitative estimate of drug-likeness (QED) is 0.790. The fraction of sp³-hybridized carbons (Fsp3) is 0. The van der Waals surface area contributed by atoms with Gasteiger partial charge in [0.05, 0.1) is 5.56 Å². The number of aromatic hydroxyl groups is 2. The third-order valence-corrected chi connectivity index (χ3v) is 3.16. The Morgan fingerprint density at radius 3 is 2.70 bits per heavy atom. The first-order chi connectivity index (χ1) is 9.54. The van der Waals surface area contributed by atoms with Gasteiger partial charge in [-0.15, -0.1) is 0 Å². The van der Waals surface area contributed by atoms with Gasteiger partial charge in [0.1, 0.15) is 17.2 Å². The number of phenols is 2. The maximum absolute atomic E-state index is 12.1. The molecule has 1 aliphatic rings. The summed E-state index contributed by atoms with van der Waals surface area (Å²) in [6, 6.07) is 8.79. The minimum Gasteiger partial charge on any atom is -0.508 e. The lowest BCUT2D eigenvalue weighted by molar-refractivity contribution is 0.101. The van der Waals surface area contributed by atoms with Crippen molar-refractivity contribution in [1.29, 1.82) is 0 Å². The molecule has 100 valence electrons. The topological polar surface area (TPSA) is 66.8 Å². The van der Waals surface area contributed by atoms with Crippen LogP contribution >= 0.6 is 11.6 Å². The highest BCUT2D eigenvalue weighted by molar-refractivity contribution is 6.30. The van der Waals surface area contributed by atoms with Crippen LogP contribution in [0.15, 0.2) is 42.2 Å². The number of allylic oxidation sites excluding steroid dienone is 1. The van der Waals surface area contributed by atoms with Gasteiger partial charge in [-0.2, -0.15) is 0 Å². The third-order valence-electron chi connectivity index (χ3n) is 2.93. The van der Waals surface area contributed by atoms with E-state index in [1.807, 2.05) is 0 Å². The summed E-state index contributed by atoms with van der Waals surface area (Å²) in [4.78, 5) is 12.1. The van der Waals surface area contributed by atoms with Crippen molar-refractivity contribution in [2.45, 2.75) is 0 Å². The molecule has 3 rings (SSSR count). The number of Topliss-reactive ketones (excluding diaryl/α,β-unsaturated/α-hetero) is 1. The molecular weight excluding hydrogens is 280 g/mol. The molecule has 2 aromatic rings.